The summed E-state index contributed by atoms with van der Waals surface area (Å²) in [5.41, 5.74) is 3.53. The van der Waals surface area contributed by atoms with Crippen LogP contribution in [0, 0.1) is 13.8 Å². The monoisotopic (exact) mass is 430 g/mol. The Kier molecular flexibility index (Phi) is 9.11. The number of nitrogens with zero attached hydrogens (tertiary/aromatic N) is 2. The Labute approximate surface area is 184 Å². The number of hydrogen-bond donors (Lipinski definition) is 2. The number of aromatic nitrogens is 1. The molecule has 1 fully saturated rings. The lowest BCUT2D eigenvalue weighted by Crippen LogP contribution is -2.38. The summed E-state index contributed by atoms with van der Waals surface area (Å²) in [5.74, 6) is 0.842. The molecule has 0 spiro atoms. The Hall–Kier alpha value is -1.96. The minimum absolute atomic E-state index is 0.328. The molecule has 0 radical (unpaired) electrons. The van der Waals surface area contributed by atoms with Crippen LogP contribution in [0.15, 0.2) is 29.3 Å². The van der Waals surface area contributed by atoms with E-state index in [1.807, 2.05) is 0 Å². The third kappa shape index (κ3) is 7.38. The van der Waals surface area contributed by atoms with Gasteiger partial charge in [0.15, 0.2) is 5.96 Å². The maximum Gasteiger partial charge on any atom is 0.191 e. The van der Waals surface area contributed by atoms with Crippen LogP contribution in [0.2, 0.25) is 0 Å². The lowest BCUT2D eigenvalue weighted by atomic mass is 10.1. The lowest BCUT2D eigenvalue weighted by Gasteiger charge is -2.22. The van der Waals surface area contributed by atoms with E-state index < -0.39 is 0 Å². The third-order valence-corrected chi connectivity index (χ3v) is 6.28. The van der Waals surface area contributed by atoms with Crippen LogP contribution in [0.25, 0.3) is 0 Å². The van der Waals surface area contributed by atoms with Gasteiger partial charge in [0.2, 0.25) is 0 Å². The molecule has 7 heteroatoms. The second-order valence-electron chi connectivity index (χ2n) is 7.56. The van der Waals surface area contributed by atoms with E-state index in [0.29, 0.717) is 19.3 Å². The Bertz CT molecular complexity index is 779. The van der Waals surface area contributed by atoms with Gasteiger partial charge in [-0.15, -0.1) is 11.3 Å². The van der Waals surface area contributed by atoms with Gasteiger partial charge in [0.05, 0.1) is 30.0 Å². The maximum absolute atomic E-state index is 6.00. The van der Waals surface area contributed by atoms with E-state index in [4.69, 9.17) is 14.5 Å². The number of nitrogens with one attached hydrogen (secondary N) is 2. The smallest absolute Gasteiger partial charge is 0.191 e. The van der Waals surface area contributed by atoms with Crippen LogP contribution in [0.3, 0.4) is 0 Å². The fourth-order valence-corrected chi connectivity index (χ4v) is 4.18. The van der Waals surface area contributed by atoms with Crippen molar-refractivity contribution in [2.24, 2.45) is 4.99 Å². The molecule has 1 aliphatic rings. The normalized spacial score (nSPS) is 15.4. The molecular weight excluding hydrogens is 396 g/mol. The summed E-state index contributed by atoms with van der Waals surface area (Å²) in [7, 11) is 0. The second kappa shape index (κ2) is 12.0. The van der Waals surface area contributed by atoms with Crippen molar-refractivity contribution in [1.29, 1.82) is 0 Å². The van der Waals surface area contributed by atoms with E-state index in [1.165, 1.54) is 21.0 Å². The van der Waals surface area contributed by atoms with Gasteiger partial charge >= 0.3 is 0 Å². The number of aliphatic imine (C=N–C) groups is 1. The minimum Gasteiger partial charge on any atom is -0.381 e. The standard InChI is InChI=1S/C23H34N4O2S/c1-4-24-23(25-12-9-22-27-17(2)18(3)30-22)26-15-19-5-7-20(8-6-19)16-29-21-10-13-28-14-11-21/h5-8,21H,4,9-16H2,1-3H3,(H2,24,25,26). The molecule has 2 heterocycles. The van der Waals surface area contributed by atoms with Gasteiger partial charge in [0.1, 0.15) is 0 Å². The molecule has 1 saturated heterocycles. The summed E-state index contributed by atoms with van der Waals surface area (Å²) >= 11 is 1.78. The van der Waals surface area contributed by atoms with E-state index in [2.05, 4.69) is 60.7 Å². The first kappa shape index (κ1) is 22.7. The van der Waals surface area contributed by atoms with E-state index in [9.17, 15) is 0 Å². The van der Waals surface area contributed by atoms with Crippen molar-refractivity contribution in [3.8, 4) is 0 Å². The number of thiazole rings is 1. The highest BCUT2D eigenvalue weighted by atomic mass is 32.1. The molecule has 1 aromatic carbocycles. The van der Waals surface area contributed by atoms with E-state index in [1.54, 1.807) is 11.3 Å². The van der Waals surface area contributed by atoms with Gasteiger partial charge in [0, 0.05) is 37.6 Å². The van der Waals surface area contributed by atoms with E-state index >= 15 is 0 Å². The number of ether oxygens (including phenoxy) is 2. The van der Waals surface area contributed by atoms with Gasteiger partial charge in [-0.25, -0.2) is 9.98 Å². The Morgan fingerprint density at radius 3 is 2.57 bits per heavy atom. The Morgan fingerprint density at radius 1 is 1.17 bits per heavy atom. The summed E-state index contributed by atoms with van der Waals surface area (Å²) in [5, 5.41) is 7.90. The van der Waals surface area contributed by atoms with Crippen molar-refractivity contribution in [2.75, 3.05) is 26.3 Å². The first-order valence-electron chi connectivity index (χ1n) is 10.9. The van der Waals surface area contributed by atoms with Crippen LogP contribution >= 0.6 is 11.3 Å². The molecule has 6 nitrogen and oxygen atoms in total. The zero-order valence-electron chi connectivity index (χ0n) is 18.4. The highest BCUT2D eigenvalue weighted by Crippen LogP contribution is 2.16. The van der Waals surface area contributed by atoms with Crippen molar-refractivity contribution in [2.45, 2.75) is 59.3 Å². The quantitative estimate of drug-likeness (QED) is 0.468. The summed E-state index contributed by atoms with van der Waals surface area (Å²) in [6.07, 6.45) is 3.23. The van der Waals surface area contributed by atoms with Crippen LogP contribution < -0.4 is 10.6 Å². The average Bonchev–Trinajstić information content (AvgIpc) is 3.09. The molecule has 0 bridgehead atoms. The fraction of sp³-hybridized carbons (Fsp3) is 0.565. The SMILES string of the molecule is CCNC(=NCc1ccc(COC2CCOCC2)cc1)NCCc1nc(C)c(C)s1. The molecule has 2 aromatic rings. The van der Waals surface area contributed by atoms with Crippen LogP contribution in [-0.2, 0) is 29.0 Å². The van der Waals surface area contributed by atoms with Gasteiger partial charge < -0.3 is 20.1 Å². The van der Waals surface area contributed by atoms with Crippen molar-refractivity contribution in [3.05, 3.63) is 51.0 Å². The molecule has 0 unspecified atom stereocenters. The highest BCUT2D eigenvalue weighted by molar-refractivity contribution is 7.11. The molecular formula is C23H34N4O2S. The molecule has 30 heavy (non-hydrogen) atoms. The first-order valence-corrected chi connectivity index (χ1v) is 11.7. The molecule has 0 atom stereocenters. The maximum atomic E-state index is 6.00. The second-order valence-corrected chi connectivity index (χ2v) is 8.85. The number of rotatable bonds is 9. The average molecular weight is 431 g/mol. The van der Waals surface area contributed by atoms with Gasteiger partial charge in [-0.1, -0.05) is 24.3 Å². The number of aryl methyl sites for hydroxylation is 2. The Balaban J connectivity index is 1.44. The van der Waals surface area contributed by atoms with Crippen LogP contribution in [0.4, 0.5) is 0 Å². The number of hydrogen-bond acceptors (Lipinski definition) is 5. The van der Waals surface area contributed by atoms with Crippen molar-refractivity contribution in [3.63, 3.8) is 0 Å². The zero-order valence-corrected chi connectivity index (χ0v) is 19.2. The largest absolute Gasteiger partial charge is 0.381 e. The van der Waals surface area contributed by atoms with Gasteiger partial charge in [-0.3, -0.25) is 0 Å². The molecule has 3 rings (SSSR count). The molecule has 164 valence electrons. The topological polar surface area (TPSA) is 67.8 Å². The summed E-state index contributed by atoms with van der Waals surface area (Å²) in [6, 6.07) is 8.54. The van der Waals surface area contributed by atoms with E-state index in [-0.39, 0.29) is 0 Å². The molecule has 1 aliphatic heterocycles. The number of guanidine groups is 1. The van der Waals surface area contributed by atoms with Gasteiger partial charge in [-0.2, -0.15) is 0 Å². The predicted molar refractivity (Wildman–Crippen MR) is 123 cm³/mol. The van der Waals surface area contributed by atoms with Crippen molar-refractivity contribution in [1.82, 2.24) is 15.6 Å². The third-order valence-electron chi connectivity index (χ3n) is 5.15. The summed E-state index contributed by atoms with van der Waals surface area (Å²) in [6.45, 7) is 10.9. The number of benzene rings is 1. The van der Waals surface area contributed by atoms with Gasteiger partial charge in [-0.05, 0) is 44.7 Å². The highest BCUT2D eigenvalue weighted by Gasteiger charge is 2.13. The molecule has 0 amide bonds. The summed E-state index contributed by atoms with van der Waals surface area (Å²) in [4.78, 5) is 10.6. The van der Waals surface area contributed by atoms with Gasteiger partial charge in [0.25, 0.3) is 0 Å². The Morgan fingerprint density at radius 2 is 1.90 bits per heavy atom. The molecule has 1 aromatic heterocycles. The molecule has 0 aliphatic carbocycles. The van der Waals surface area contributed by atoms with Crippen LogP contribution in [-0.4, -0.2) is 43.4 Å². The zero-order chi connectivity index (χ0) is 21.2. The fourth-order valence-electron chi connectivity index (χ4n) is 3.24. The van der Waals surface area contributed by atoms with E-state index in [0.717, 1.165) is 57.2 Å². The lowest BCUT2D eigenvalue weighted by molar-refractivity contribution is -0.0390. The minimum atomic E-state index is 0.328. The van der Waals surface area contributed by atoms with Crippen molar-refractivity contribution >= 4 is 17.3 Å². The van der Waals surface area contributed by atoms with Crippen LogP contribution in [0.1, 0.15) is 46.5 Å². The van der Waals surface area contributed by atoms with Crippen molar-refractivity contribution < 1.29 is 9.47 Å². The van der Waals surface area contributed by atoms with Crippen LogP contribution in [0.5, 0.6) is 0 Å². The molecule has 2 N–H and O–H groups in total. The first-order chi connectivity index (χ1) is 14.6. The summed E-state index contributed by atoms with van der Waals surface area (Å²) < 4.78 is 11.4. The molecule has 0 saturated carbocycles. The predicted octanol–water partition coefficient (Wildman–Crippen LogP) is 3.75.